The molecule has 174 valence electrons. The summed E-state index contributed by atoms with van der Waals surface area (Å²) in [5.74, 6) is -1.13. The summed E-state index contributed by atoms with van der Waals surface area (Å²) in [5, 5.41) is 2.51. The first-order chi connectivity index (χ1) is 15.7. The normalized spacial score (nSPS) is 14.4. The number of nitrogens with one attached hydrogen (secondary N) is 1. The molecule has 1 saturated heterocycles. The number of benzene rings is 1. The molecule has 1 aromatic carbocycles. The third-order valence-electron chi connectivity index (χ3n) is 4.30. The minimum absolute atomic E-state index is 0.0321. The Bertz CT molecular complexity index is 1120. The van der Waals surface area contributed by atoms with Crippen LogP contribution in [0.5, 0.6) is 5.75 Å². The molecule has 0 atom stereocenters. The summed E-state index contributed by atoms with van der Waals surface area (Å²) in [6.45, 7) is 1.52. The van der Waals surface area contributed by atoms with Crippen molar-refractivity contribution in [3.05, 3.63) is 56.0 Å². The highest BCUT2D eigenvalue weighted by atomic mass is 79.9. The van der Waals surface area contributed by atoms with Crippen molar-refractivity contribution in [3.63, 3.8) is 0 Å². The molecule has 10 nitrogen and oxygen atoms in total. The molecule has 1 aliphatic rings. The molecule has 3 rings (SSSR count). The monoisotopic (exact) mass is 584 g/mol. The molecule has 1 aromatic heterocycles. The number of imide groups is 1. The number of urea groups is 1. The molecule has 0 spiro atoms. The highest BCUT2D eigenvalue weighted by Crippen LogP contribution is 2.35. The molecule has 1 N–H and O–H groups in total. The van der Waals surface area contributed by atoms with E-state index in [0.29, 0.717) is 20.3 Å². The smallest absolute Gasteiger partial charge is 0.373 e. The average Bonchev–Trinajstić information content (AvgIpc) is 3.33. The predicted molar refractivity (Wildman–Crippen MR) is 121 cm³/mol. The van der Waals surface area contributed by atoms with Crippen LogP contribution >= 0.6 is 31.9 Å². The van der Waals surface area contributed by atoms with E-state index in [1.54, 1.807) is 19.1 Å². The number of carbonyl (C=O) groups is 4. The molecule has 0 aliphatic carbocycles. The van der Waals surface area contributed by atoms with Gasteiger partial charge in [0, 0.05) is 0 Å². The highest BCUT2D eigenvalue weighted by Gasteiger charge is 2.34. The van der Waals surface area contributed by atoms with E-state index >= 15 is 0 Å². The van der Waals surface area contributed by atoms with E-state index in [0.717, 1.165) is 4.90 Å². The molecule has 3 amide bonds. The summed E-state index contributed by atoms with van der Waals surface area (Å²) in [4.78, 5) is 49.0. The molecule has 0 unspecified atom stereocenters. The quantitative estimate of drug-likeness (QED) is 0.283. The van der Waals surface area contributed by atoms with Crippen molar-refractivity contribution in [2.24, 2.45) is 0 Å². The van der Waals surface area contributed by atoms with Crippen molar-refractivity contribution in [1.82, 2.24) is 10.2 Å². The van der Waals surface area contributed by atoms with Gasteiger partial charge in [0.2, 0.25) is 5.76 Å². The van der Waals surface area contributed by atoms with Gasteiger partial charge in [-0.2, -0.15) is 0 Å². The number of amides is 3. The number of nitrogens with zero attached hydrogens (tertiary/aromatic N) is 1. The minimum atomic E-state index is -0.662. The molecule has 1 aliphatic heterocycles. The second-order valence-electron chi connectivity index (χ2n) is 6.54. The van der Waals surface area contributed by atoms with Gasteiger partial charge in [0.15, 0.2) is 6.61 Å². The second-order valence-corrected chi connectivity index (χ2v) is 8.25. The fraction of sp³-hybridized carbons (Fsp3) is 0.238. The Balaban J connectivity index is 1.74. The molecule has 0 radical (unpaired) electrons. The van der Waals surface area contributed by atoms with E-state index in [9.17, 15) is 19.2 Å². The Morgan fingerprint density at radius 1 is 1.18 bits per heavy atom. The number of methoxy groups -OCH3 is 1. The molecule has 1 fully saturated rings. The Morgan fingerprint density at radius 2 is 1.88 bits per heavy atom. The SMILES string of the molecule is CCOC(=O)COc1c(Br)cc(/C=C2\NC(=O)N(Cc3ccc(C(=O)OC)o3)C2=O)cc1Br. The van der Waals surface area contributed by atoms with E-state index in [2.05, 4.69) is 41.9 Å². The number of hydrogen-bond donors (Lipinski definition) is 1. The maximum atomic E-state index is 12.7. The molecule has 0 saturated carbocycles. The molecular formula is C21H18Br2N2O8. The van der Waals surface area contributed by atoms with Crippen LogP contribution in [0.3, 0.4) is 0 Å². The van der Waals surface area contributed by atoms with Crippen molar-refractivity contribution in [3.8, 4) is 5.75 Å². The van der Waals surface area contributed by atoms with Gasteiger partial charge in [-0.25, -0.2) is 14.4 Å². The van der Waals surface area contributed by atoms with Crippen LogP contribution in [0, 0.1) is 0 Å². The first-order valence-corrected chi connectivity index (χ1v) is 11.1. The zero-order valence-corrected chi connectivity index (χ0v) is 20.6. The Kier molecular flexibility index (Phi) is 7.92. The van der Waals surface area contributed by atoms with Crippen molar-refractivity contribution in [1.29, 1.82) is 0 Å². The Labute approximate surface area is 205 Å². The van der Waals surface area contributed by atoms with E-state index in [-0.39, 0.29) is 37.0 Å². The molecule has 0 bridgehead atoms. The fourth-order valence-electron chi connectivity index (χ4n) is 2.85. The summed E-state index contributed by atoms with van der Waals surface area (Å²) in [6, 6.07) is 5.58. The van der Waals surface area contributed by atoms with Crippen LogP contribution < -0.4 is 10.1 Å². The zero-order chi connectivity index (χ0) is 24.1. The number of furan rings is 1. The first-order valence-electron chi connectivity index (χ1n) is 9.52. The van der Waals surface area contributed by atoms with Crippen molar-refractivity contribution in [2.45, 2.75) is 13.5 Å². The summed E-state index contributed by atoms with van der Waals surface area (Å²) >= 11 is 6.74. The number of hydrogen-bond acceptors (Lipinski definition) is 8. The third kappa shape index (κ3) is 5.82. The number of carbonyl (C=O) groups excluding carboxylic acids is 4. The number of ether oxygens (including phenoxy) is 3. The fourth-order valence-corrected chi connectivity index (χ4v) is 4.30. The van der Waals surface area contributed by atoms with Gasteiger partial charge < -0.3 is 23.9 Å². The van der Waals surface area contributed by atoms with Crippen LogP contribution in [0.25, 0.3) is 6.08 Å². The molecule has 2 heterocycles. The van der Waals surface area contributed by atoms with E-state index in [4.69, 9.17) is 13.9 Å². The van der Waals surface area contributed by atoms with Crippen LogP contribution in [0.2, 0.25) is 0 Å². The maximum absolute atomic E-state index is 12.7. The van der Waals surface area contributed by atoms with E-state index in [1.165, 1.54) is 25.3 Å². The summed E-state index contributed by atoms with van der Waals surface area (Å²) in [5.41, 5.74) is 0.632. The summed E-state index contributed by atoms with van der Waals surface area (Å²) < 4.78 is 21.2. The van der Waals surface area contributed by atoms with E-state index < -0.39 is 23.9 Å². The van der Waals surface area contributed by atoms with E-state index in [1.807, 2.05) is 0 Å². The lowest BCUT2D eigenvalue weighted by Crippen LogP contribution is -2.30. The lowest BCUT2D eigenvalue weighted by Gasteiger charge is -2.11. The maximum Gasteiger partial charge on any atom is 0.373 e. The molecule has 33 heavy (non-hydrogen) atoms. The zero-order valence-electron chi connectivity index (χ0n) is 17.5. The predicted octanol–water partition coefficient (Wildman–Crippen LogP) is 3.63. The van der Waals surface area contributed by atoms with Gasteiger partial charge in [-0.15, -0.1) is 0 Å². The van der Waals surface area contributed by atoms with Crippen LogP contribution in [0.4, 0.5) is 4.79 Å². The Hall–Kier alpha value is -3.12. The van der Waals surface area contributed by atoms with Gasteiger partial charge in [-0.3, -0.25) is 9.69 Å². The van der Waals surface area contributed by atoms with Gasteiger partial charge in [0.1, 0.15) is 17.2 Å². The van der Waals surface area contributed by atoms with Crippen LogP contribution in [0.1, 0.15) is 28.8 Å². The van der Waals surface area contributed by atoms with Crippen molar-refractivity contribution < 1.29 is 37.8 Å². The largest absolute Gasteiger partial charge is 0.480 e. The van der Waals surface area contributed by atoms with Crippen LogP contribution in [-0.2, 0) is 25.6 Å². The Morgan fingerprint density at radius 3 is 2.52 bits per heavy atom. The second kappa shape index (κ2) is 10.7. The standard InChI is InChI=1S/C21H18Br2N2O8/c1-3-31-17(26)10-32-18-13(22)6-11(7-14(18)23)8-15-19(27)25(21(29)24-15)9-12-4-5-16(33-12)20(28)30-2/h4-8H,3,9-10H2,1-2H3,(H,24,29)/b15-8-. The number of rotatable bonds is 8. The van der Waals surface area contributed by atoms with Crippen LogP contribution in [0.15, 0.2) is 43.3 Å². The highest BCUT2D eigenvalue weighted by molar-refractivity contribution is 9.11. The molecule has 2 aromatic rings. The summed E-state index contributed by atoms with van der Waals surface area (Å²) in [6.07, 6.45) is 1.49. The lowest BCUT2D eigenvalue weighted by atomic mass is 10.2. The van der Waals surface area contributed by atoms with Gasteiger partial charge in [-0.05, 0) is 74.7 Å². The first kappa shape index (κ1) is 24.5. The third-order valence-corrected chi connectivity index (χ3v) is 5.47. The van der Waals surface area contributed by atoms with Gasteiger partial charge in [0.25, 0.3) is 5.91 Å². The van der Waals surface area contributed by atoms with Crippen molar-refractivity contribution >= 4 is 61.8 Å². The minimum Gasteiger partial charge on any atom is -0.480 e. The van der Waals surface area contributed by atoms with Crippen LogP contribution in [-0.4, -0.2) is 49.1 Å². The number of halogens is 2. The summed E-state index contributed by atoms with van der Waals surface area (Å²) in [7, 11) is 1.22. The molecule has 12 heteroatoms. The molecular weight excluding hydrogens is 568 g/mol. The van der Waals surface area contributed by atoms with Gasteiger partial charge >= 0.3 is 18.0 Å². The van der Waals surface area contributed by atoms with Gasteiger partial charge in [-0.1, -0.05) is 0 Å². The topological polar surface area (TPSA) is 124 Å². The van der Waals surface area contributed by atoms with Gasteiger partial charge in [0.05, 0.1) is 29.2 Å². The van der Waals surface area contributed by atoms with Crippen molar-refractivity contribution in [2.75, 3.05) is 20.3 Å². The number of esters is 2. The lowest BCUT2D eigenvalue weighted by molar-refractivity contribution is -0.145. The average molecular weight is 586 g/mol.